The van der Waals surface area contributed by atoms with E-state index in [1.807, 2.05) is 6.92 Å². The number of benzene rings is 1. The fraction of sp³-hybridized carbons (Fsp3) is 0.308. The summed E-state index contributed by atoms with van der Waals surface area (Å²) in [5, 5.41) is 27.3. The second kappa shape index (κ2) is 8.64. The molecule has 1 aliphatic rings. The minimum atomic E-state index is -0.679. The van der Waals surface area contributed by atoms with Crippen LogP contribution in [0.4, 0.5) is 4.39 Å². The molecule has 1 aliphatic carbocycles. The number of hydrogen-bond donors (Lipinski definition) is 2. The van der Waals surface area contributed by atoms with Crippen LogP contribution >= 0.6 is 0 Å². The van der Waals surface area contributed by atoms with Crippen LogP contribution in [-0.2, 0) is 7.05 Å². The lowest BCUT2D eigenvalue weighted by Crippen LogP contribution is -2.42. The lowest BCUT2D eigenvalue weighted by molar-refractivity contribution is 0.0140. The number of amides is 1. The van der Waals surface area contributed by atoms with Crippen LogP contribution in [0, 0.1) is 17.1 Å². The number of carbonyl (C=O) groups is 1. The Hall–Kier alpha value is -4.03. The molecule has 5 rings (SSSR count). The molecule has 0 spiro atoms. The average molecular weight is 473 g/mol. The highest BCUT2D eigenvalue weighted by atomic mass is 19.1. The Balaban J connectivity index is 1.52. The van der Waals surface area contributed by atoms with Crippen LogP contribution in [0.25, 0.3) is 28.0 Å². The monoisotopic (exact) mass is 472 g/mol. The number of nitrogens with one attached hydrogen (secondary N) is 1. The second-order valence-electron chi connectivity index (χ2n) is 9.37. The van der Waals surface area contributed by atoms with E-state index in [0.717, 1.165) is 0 Å². The Kier molecular flexibility index (Phi) is 5.61. The Morgan fingerprint density at radius 2 is 2.09 bits per heavy atom. The van der Waals surface area contributed by atoms with Crippen molar-refractivity contribution in [2.45, 2.75) is 44.2 Å². The molecule has 9 heteroatoms. The first kappa shape index (κ1) is 22.7. The van der Waals surface area contributed by atoms with E-state index >= 15 is 4.39 Å². The summed E-state index contributed by atoms with van der Waals surface area (Å²) in [5.74, 6) is -0.749. The van der Waals surface area contributed by atoms with Crippen molar-refractivity contribution in [3.05, 3.63) is 66.0 Å². The molecule has 35 heavy (non-hydrogen) atoms. The molecule has 0 aliphatic heterocycles. The Morgan fingerprint density at radius 3 is 2.77 bits per heavy atom. The predicted octanol–water partition coefficient (Wildman–Crippen LogP) is 3.84. The third-order valence-electron chi connectivity index (χ3n) is 6.66. The summed E-state index contributed by atoms with van der Waals surface area (Å²) in [6, 6.07) is 10.1. The van der Waals surface area contributed by atoms with Gasteiger partial charge in [-0.15, -0.1) is 0 Å². The average Bonchev–Trinajstić information content (AvgIpc) is 3.42. The summed E-state index contributed by atoms with van der Waals surface area (Å²) in [6.45, 7) is 1.82. The van der Waals surface area contributed by atoms with Crippen LogP contribution in [0.1, 0.15) is 48.7 Å². The van der Waals surface area contributed by atoms with Gasteiger partial charge in [0.15, 0.2) is 5.69 Å². The third-order valence-corrected chi connectivity index (χ3v) is 6.66. The van der Waals surface area contributed by atoms with Crippen molar-refractivity contribution in [2.24, 2.45) is 7.05 Å². The van der Waals surface area contributed by atoms with Crippen LogP contribution in [0.5, 0.6) is 0 Å². The number of hydrogen-bond acceptors (Lipinski definition) is 5. The quantitative estimate of drug-likeness (QED) is 0.469. The van der Waals surface area contributed by atoms with E-state index in [2.05, 4.69) is 21.5 Å². The van der Waals surface area contributed by atoms with Crippen LogP contribution in [0.15, 0.2) is 48.9 Å². The van der Waals surface area contributed by atoms with Crippen molar-refractivity contribution < 1.29 is 14.3 Å². The Morgan fingerprint density at radius 1 is 1.31 bits per heavy atom. The predicted molar refractivity (Wildman–Crippen MR) is 128 cm³/mol. The molecular weight excluding hydrogens is 447 g/mol. The lowest BCUT2D eigenvalue weighted by atomic mass is 9.83. The number of pyridine rings is 1. The van der Waals surface area contributed by atoms with E-state index in [0.29, 0.717) is 48.0 Å². The molecule has 8 nitrogen and oxygen atoms in total. The third kappa shape index (κ3) is 4.29. The first-order valence-electron chi connectivity index (χ1n) is 11.5. The summed E-state index contributed by atoms with van der Waals surface area (Å²) >= 11 is 0. The molecule has 1 aromatic carbocycles. The van der Waals surface area contributed by atoms with Gasteiger partial charge < -0.3 is 10.4 Å². The standard InChI is InChI=1S/C26H25FN6O2/c1-26(35)9-6-18(7-10-26)30-25(34)16-8-11-33-21(13-28)24(31-22(33)12-16)23-19(4-3-5-20(23)27)17-14-29-32(2)15-17/h3-5,8,11-12,14-15,18,35H,6-7,9-10H2,1-2H3,(H,30,34). The SMILES string of the molecule is Cn1cc(-c2cccc(F)c2-c2nc3cc(C(=O)NC4CCC(C)(O)CC4)ccn3c2C#N)cn1. The molecule has 2 N–H and O–H groups in total. The molecule has 3 aromatic heterocycles. The van der Waals surface area contributed by atoms with Gasteiger partial charge in [0.05, 0.1) is 11.8 Å². The summed E-state index contributed by atoms with van der Waals surface area (Å²) in [4.78, 5) is 17.5. The maximum absolute atomic E-state index is 15.1. The summed E-state index contributed by atoms with van der Waals surface area (Å²) < 4.78 is 18.3. The van der Waals surface area contributed by atoms with Crippen LogP contribution in [0.3, 0.4) is 0 Å². The topological polar surface area (TPSA) is 108 Å². The van der Waals surface area contributed by atoms with Crippen molar-refractivity contribution in [1.29, 1.82) is 5.26 Å². The van der Waals surface area contributed by atoms with Gasteiger partial charge >= 0.3 is 0 Å². The largest absolute Gasteiger partial charge is 0.390 e. The van der Waals surface area contributed by atoms with Crippen LogP contribution in [-0.4, -0.2) is 41.8 Å². The van der Waals surface area contributed by atoms with E-state index in [9.17, 15) is 15.2 Å². The maximum Gasteiger partial charge on any atom is 0.251 e. The number of nitrogens with zero attached hydrogens (tertiary/aromatic N) is 5. The smallest absolute Gasteiger partial charge is 0.251 e. The van der Waals surface area contributed by atoms with E-state index in [1.54, 1.807) is 59.0 Å². The molecule has 0 saturated heterocycles. The van der Waals surface area contributed by atoms with E-state index in [-0.39, 0.29) is 28.9 Å². The summed E-state index contributed by atoms with van der Waals surface area (Å²) in [6.07, 6.45) is 7.69. The van der Waals surface area contributed by atoms with Crippen molar-refractivity contribution in [1.82, 2.24) is 24.5 Å². The van der Waals surface area contributed by atoms with Crippen LogP contribution in [0.2, 0.25) is 0 Å². The molecule has 0 atom stereocenters. The Bertz CT molecular complexity index is 1470. The number of halogens is 1. The highest BCUT2D eigenvalue weighted by Crippen LogP contribution is 2.36. The van der Waals surface area contributed by atoms with Gasteiger partial charge in [0.25, 0.3) is 5.91 Å². The molecule has 3 heterocycles. The van der Waals surface area contributed by atoms with Gasteiger partial charge in [-0.1, -0.05) is 12.1 Å². The first-order valence-corrected chi connectivity index (χ1v) is 11.5. The van der Waals surface area contributed by atoms with E-state index in [4.69, 9.17) is 0 Å². The van der Waals surface area contributed by atoms with Gasteiger partial charge in [0, 0.05) is 42.2 Å². The van der Waals surface area contributed by atoms with Gasteiger partial charge in [-0.25, -0.2) is 9.37 Å². The van der Waals surface area contributed by atoms with Crippen molar-refractivity contribution in [3.8, 4) is 28.5 Å². The van der Waals surface area contributed by atoms with E-state index < -0.39 is 11.4 Å². The molecule has 1 saturated carbocycles. The van der Waals surface area contributed by atoms with Crippen LogP contribution < -0.4 is 5.32 Å². The number of fused-ring (bicyclic) bond motifs is 1. The minimum absolute atomic E-state index is 0.00983. The lowest BCUT2D eigenvalue weighted by Gasteiger charge is -2.33. The van der Waals surface area contributed by atoms with Crippen molar-refractivity contribution >= 4 is 11.6 Å². The maximum atomic E-state index is 15.1. The highest BCUT2D eigenvalue weighted by molar-refractivity contribution is 5.95. The minimum Gasteiger partial charge on any atom is -0.390 e. The number of rotatable bonds is 4. The van der Waals surface area contributed by atoms with Crippen molar-refractivity contribution in [2.75, 3.05) is 0 Å². The number of aryl methyl sites for hydroxylation is 1. The van der Waals surface area contributed by atoms with Gasteiger partial charge in [-0.05, 0) is 56.4 Å². The van der Waals surface area contributed by atoms with Gasteiger partial charge in [0.2, 0.25) is 0 Å². The Labute approximate surface area is 201 Å². The second-order valence-corrected chi connectivity index (χ2v) is 9.37. The molecule has 1 amide bonds. The zero-order valence-corrected chi connectivity index (χ0v) is 19.5. The van der Waals surface area contributed by atoms with Gasteiger partial charge in [-0.2, -0.15) is 10.4 Å². The fourth-order valence-electron chi connectivity index (χ4n) is 4.69. The highest BCUT2D eigenvalue weighted by Gasteiger charge is 2.29. The summed E-state index contributed by atoms with van der Waals surface area (Å²) in [5.41, 5.74) is 1.96. The fourth-order valence-corrected chi connectivity index (χ4v) is 4.69. The summed E-state index contributed by atoms with van der Waals surface area (Å²) in [7, 11) is 1.77. The zero-order chi connectivity index (χ0) is 24.7. The molecule has 1 fully saturated rings. The first-order chi connectivity index (χ1) is 16.8. The van der Waals surface area contributed by atoms with Crippen molar-refractivity contribution in [3.63, 3.8) is 0 Å². The number of aromatic nitrogens is 4. The zero-order valence-electron chi connectivity index (χ0n) is 19.5. The normalized spacial score (nSPS) is 20.0. The number of nitriles is 1. The molecule has 4 aromatic rings. The number of imidazole rings is 1. The molecule has 0 bridgehead atoms. The van der Waals surface area contributed by atoms with Gasteiger partial charge in [0.1, 0.15) is 23.2 Å². The molecular formula is C26H25FN6O2. The van der Waals surface area contributed by atoms with Gasteiger partial charge in [-0.3, -0.25) is 13.9 Å². The number of aliphatic hydroxyl groups is 1. The van der Waals surface area contributed by atoms with E-state index in [1.165, 1.54) is 6.07 Å². The molecule has 178 valence electrons. The number of carbonyl (C=O) groups excluding carboxylic acids is 1. The molecule has 0 radical (unpaired) electrons. The molecule has 0 unspecified atom stereocenters.